The number of nitrogens with zero attached hydrogens (tertiary/aromatic N) is 5. The van der Waals surface area contributed by atoms with Crippen LogP contribution in [-0.4, -0.2) is 65.2 Å². The monoisotopic (exact) mass is 442 g/mol. The predicted octanol–water partition coefficient (Wildman–Crippen LogP) is 3.23. The number of aromatic nitrogens is 3. The Bertz CT molecular complexity index is 1200. The summed E-state index contributed by atoms with van der Waals surface area (Å²) in [6.45, 7) is 5.36. The van der Waals surface area contributed by atoms with Gasteiger partial charge in [0.2, 0.25) is 5.95 Å². The summed E-state index contributed by atoms with van der Waals surface area (Å²) >= 11 is 0. The van der Waals surface area contributed by atoms with Crippen molar-refractivity contribution < 1.29 is 9.32 Å². The number of amides is 1. The van der Waals surface area contributed by atoms with Gasteiger partial charge in [0.15, 0.2) is 5.76 Å². The van der Waals surface area contributed by atoms with Crippen LogP contribution in [0.4, 0.5) is 5.95 Å². The Hall–Kier alpha value is -3.78. The largest absolute Gasteiger partial charge is 0.355 e. The second kappa shape index (κ2) is 9.79. The number of nitrogens with one attached hydrogen (secondary N) is 1. The summed E-state index contributed by atoms with van der Waals surface area (Å²) in [4.78, 5) is 26.0. The highest BCUT2D eigenvalue weighted by Crippen LogP contribution is 2.29. The maximum atomic E-state index is 12.7. The lowest BCUT2D eigenvalue weighted by atomic mass is 10.1. The van der Waals surface area contributed by atoms with Gasteiger partial charge in [0.25, 0.3) is 5.91 Å². The van der Waals surface area contributed by atoms with Crippen LogP contribution >= 0.6 is 0 Å². The van der Waals surface area contributed by atoms with E-state index < -0.39 is 0 Å². The smallest absolute Gasteiger partial charge is 0.251 e. The maximum Gasteiger partial charge on any atom is 0.251 e. The van der Waals surface area contributed by atoms with E-state index >= 15 is 0 Å². The number of carbonyl (C=O) groups excluding carboxylic acids is 1. The molecule has 0 saturated carbocycles. The predicted molar refractivity (Wildman–Crippen MR) is 127 cm³/mol. The van der Waals surface area contributed by atoms with Crippen LogP contribution in [0.2, 0.25) is 0 Å². The summed E-state index contributed by atoms with van der Waals surface area (Å²) in [5.74, 6) is 1.40. The molecular weight excluding hydrogens is 416 g/mol. The molecule has 1 fully saturated rings. The van der Waals surface area contributed by atoms with Crippen molar-refractivity contribution in [2.75, 3.05) is 44.2 Å². The van der Waals surface area contributed by atoms with Gasteiger partial charge in [-0.2, -0.15) is 0 Å². The first-order valence-corrected chi connectivity index (χ1v) is 11.3. The van der Waals surface area contributed by atoms with Crippen LogP contribution in [0.1, 0.15) is 16.8 Å². The van der Waals surface area contributed by atoms with Gasteiger partial charge in [0.1, 0.15) is 5.52 Å². The molecule has 1 amide bonds. The van der Waals surface area contributed by atoms with E-state index in [0.29, 0.717) is 17.9 Å². The van der Waals surface area contributed by atoms with Crippen molar-refractivity contribution in [2.45, 2.75) is 6.42 Å². The van der Waals surface area contributed by atoms with Crippen molar-refractivity contribution in [3.05, 3.63) is 72.6 Å². The van der Waals surface area contributed by atoms with Gasteiger partial charge in [-0.05, 0) is 37.2 Å². The maximum absolute atomic E-state index is 12.7. The van der Waals surface area contributed by atoms with Crippen LogP contribution in [-0.2, 0) is 0 Å². The van der Waals surface area contributed by atoms with Crippen molar-refractivity contribution in [3.63, 3.8) is 0 Å². The molecule has 4 aromatic rings. The number of fused-ring (bicyclic) bond motifs is 1. The molecule has 0 spiro atoms. The van der Waals surface area contributed by atoms with E-state index in [1.807, 2.05) is 48.5 Å². The summed E-state index contributed by atoms with van der Waals surface area (Å²) < 4.78 is 5.54. The Morgan fingerprint density at radius 3 is 2.55 bits per heavy atom. The molecule has 33 heavy (non-hydrogen) atoms. The first kappa shape index (κ1) is 21.1. The minimum absolute atomic E-state index is 0.0804. The van der Waals surface area contributed by atoms with Gasteiger partial charge in [-0.25, -0.2) is 9.97 Å². The van der Waals surface area contributed by atoms with E-state index in [4.69, 9.17) is 4.52 Å². The second-order valence-electron chi connectivity index (χ2n) is 8.10. The number of hydrogen-bond donors (Lipinski definition) is 1. The molecule has 1 saturated heterocycles. The van der Waals surface area contributed by atoms with Gasteiger partial charge in [0, 0.05) is 56.2 Å². The highest BCUT2D eigenvalue weighted by Gasteiger charge is 2.18. The average molecular weight is 443 g/mol. The number of rotatable bonds is 7. The molecule has 0 unspecified atom stereocenters. The number of piperazine rings is 1. The van der Waals surface area contributed by atoms with Gasteiger partial charge < -0.3 is 14.7 Å². The fourth-order valence-corrected chi connectivity index (χ4v) is 4.11. The molecular formula is C25H26N6O2. The normalized spacial score (nSPS) is 14.5. The number of anilines is 1. The van der Waals surface area contributed by atoms with Crippen LogP contribution < -0.4 is 10.2 Å². The zero-order chi connectivity index (χ0) is 22.5. The number of hydrogen-bond acceptors (Lipinski definition) is 7. The quantitative estimate of drug-likeness (QED) is 0.440. The van der Waals surface area contributed by atoms with Gasteiger partial charge in [0.05, 0.1) is 5.39 Å². The van der Waals surface area contributed by atoms with Crippen LogP contribution in [0.15, 0.2) is 71.5 Å². The Labute approximate surface area is 192 Å². The summed E-state index contributed by atoms with van der Waals surface area (Å²) in [6, 6.07) is 17.1. The summed E-state index contributed by atoms with van der Waals surface area (Å²) in [5.41, 5.74) is 2.29. The molecule has 3 heterocycles. The second-order valence-corrected chi connectivity index (χ2v) is 8.10. The molecule has 1 N–H and O–H groups in total. The molecule has 2 aromatic heterocycles. The number of benzene rings is 2. The van der Waals surface area contributed by atoms with Crippen LogP contribution in [0.3, 0.4) is 0 Å². The van der Waals surface area contributed by atoms with E-state index in [-0.39, 0.29) is 5.91 Å². The first-order chi connectivity index (χ1) is 16.3. The third-order valence-electron chi connectivity index (χ3n) is 5.92. The van der Waals surface area contributed by atoms with E-state index in [2.05, 4.69) is 30.2 Å². The molecule has 8 heteroatoms. The lowest BCUT2D eigenvalue weighted by Crippen LogP contribution is -2.47. The van der Waals surface area contributed by atoms with Crippen molar-refractivity contribution in [2.24, 2.45) is 0 Å². The fourth-order valence-electron chi connectivity index (χ4n) is 4.11. The first-order valence-electron chi connectivity index (χ1n) is 11.3. The van der Waals surface area contributed by atoms with Crippen LogP contribution in [0, 0.1) is 0 Å². The lowest BCUT2D eigenvalue weighted by Gasteiger charge is -2.34. The lowest BCUT2D eigenvalue weighted by molar-refractivity contribution is 0.0951. The molecule has 1 aliphatic rings. The van der Waals surface area contributed by atoms with E-state index in [1.165, 1.54) is 0 Å². The minimum atomic E-state index is -0.0804. The van der Waals surface area contributed by atoms with E-state index in [0.717, 1.165) is 61.6 Å². The number of carbonyl (C=O) groups is 1. The van der Waals surface area contributed by atoms with Gasteiger partial charge in [-0.15, -0.1) is 0 Å². The molecule has 1 aliphatic heterocycles. The standard InChI is InChI=1S/C25H26N6O2/c32-24(20-8-9-22-21(18-20)23(33-29-22)19-6-2-1-3-7-19)26-12-5-13-30-14-16-31(17-15-30)25-27-10-4-11-28-25/h1-4,6-11,18H,5,12-17H2,(H,26,32). The molecule has 5 rings (SSSR count). The van der Waals surface area contributed by atoms with Crippen molar-refractivity contribution in [3.8, 4) is 11.3 Å². The van der Waals surface area contributed by atoms with Gasteiger partial charge in [-0.1, -0.05) is 35.5 Å². The summed E-state index contributed by atoms with van der Waals surface area (Å²) in [6.07, 6.45) is 4.46. The SMILES string of the molecule is O=C(NCCCN1CCN(c2ncccn2)CC1)c1ccc2noc(-c3ccccc3)c2c1. The fraction of sp³-hybridized carbons (Fsp3) is 0.280. The minimum Gasteiger partial charge on any atom is -0.355 e. The molecule has 0 bridgehead atoms. The Morgan fingerprint density at radius 2 is 1.76 bits per heavy atom. The summed E-state index contributed by atoms with van der Waals surface area (Å²) in [7, 11) is 0. The van der Waals surface area contributed by atoms with Crippen molar-refractivity contribution in [1.29, 1.82) is 0 Å². The third-order valence-corrected chi connectivity index (χ3v) is 5.92. The highest BCUT2D eigenvalue weighted by molar-refractivity contribution is 6.00. The Kier molecular flexibility index (Phi) is 6.25. The molecule has 0 atom stereocenters. The Balaban J connectivity index is 1.11. The molecule has 2 aromatic carbocycles. The Morgan fingerprint density at radius 1 is 0.970 bits per heavy atom. The zero-order valence-electron chi connectivity index (χ0n) is 18.4. The van der Waals surface area contributed by atoms with Crippen LogP contribution in [0.5, 0.6) is 0 Å². The van der Waals surface area contributed by atoms with Crippen LogP contribution in [0.25, 0.3) is 22.2 Å². The topological polar surface area (TPSA) is 87.4 Å². The molecule has 168 valence electrons. The molecule has 0 radical (unpaired) electrons. The van der Waals surface area contributed by atoms with Crippen molar-refractivity contribution in [1.82, 2.24) is 25.3 Å². The van der Waals surface area contributed by atoms with E-state index in [9.17, 15) is 4.79 Å². The van der Waals surface area contributed by atoms with E-state index in [1.54, 1.807) is 18.5 Å². The van der Waals surface area contributed by atoms with Crippen molar-refractivity contribution >= 4 is 22.8 Å². The zero-order valence-corrected chi connectivity index (χ0v) is 18.4. The van der Waals surface area contributed by atoms with Gasteiger partial charge >= 0.3 is 0 Å². The highest BCUT2D eigenvalue weighted by atomic mass is 16.5. The molecule has 0 aliphatic carbocycles. The summed E-state index contributed by atoms with van der Waals surface area (Å²) in [5, 5.41) is 8.01. The third kappa shape index (κ3) is 4.85. The average Bonchev–Trinajstić information content (AvgIpc) is 3.31. The van der Waals surface area contributed by atoms with Gasteiger partial charge in [-0.3, -0.25) is 9.69 Å². The molecule has 8 nitrogen and oxygen atoms in total.